The van der Waals surface area contributed by atoms with E-state index in [4.69, 9.17) is 16.3 Å². The molecule has 0 saturated carbocycles. The zero-order valence-electron chi connectivity index (χ0n) is 16.9. The van der Waals surface area contributed by atoms with Crippen LogP contribution in [0.4, 0.5) is 0 Å². The van der Waals surface area contributed by atoms with E-state index in [1.54, 1.807) is 7.11 Å². The van der Waals surface area contributed by atoms with Crippen LogP contribution in [0.1, 0.15) is 42.9 Å². The first-order valence-electron chi connectivity index (χ1n) is 10.4. The maximum atomic E-state index is 13.3. The van der Waals surface area contributed by atoms with Crippen molar-refractivity contribution in [1.29, 1.82) is 0 Å². The molecule has 5 nitrogen and oxygen atoms in total. The second kappa shape index (κ2) is 7.78. The lowest BCUT2D eigenvalue weighted by Crippen LogP contribution is -2.66. The number of alkyl halides is 1. The molecule has 0 amide bonds. The summed E-state index contributed by atoms with van der Waals surface area (Å²) >= 11 is 5.81. The van der Waals surface area contributed by atoms with Crippen molar-refractivity contribution in [2.45, 2.75) is 44.2 Å². The van der Waals surface area contributed by atoms with Crippen LogP contribution < -0.4 is 4.74 Å². The van der Waals surface area contributed by atoms with Crippen molar-refractivity contribution in [2.24, 2.45) is 5.92 Å². The molecule has 2 saturated heterocycles. The molecule has 0 bridgehead atoms. The molecule has 7 heteroatoms. The molecule has 1 aromatic carbocycles. The van der Waals surface area contributed by atoms with Crippen LogP contribution in [0.25, 0.3) is 0 Å². The largest absolute Gasteiger partial charge is 0.497 e. The summed E-state index contributed by atoms with van der Waals surface area (Å²) in [4.78, 5) is 2.59. The molecule has 0 spiro atoms. The molecule has 0 aromatic heterocycles. The van der Waals surface area contributed by atoms with Crippen LogP contribution in [0.5, 0.6) is 5.75 Å². The van der Waals surface area contributed by atoms with Gasteiger partial charge in [0.25, 0.3) is 10.0 Å². The average molecular weight is 428 g/mol. The van der Waals surface area contributed by atoms with Gasteiger partial charge in [-0.05, 0) is 48.9 Å². The lowest BCUT2D eigenvalue weighted by Gasteiger charge is -2.54. The minimum absolute atomic E-state index is 0.170. The van der Waals surface area contributed by atoms with Crippen molar-refractivity contribution in [3.8, 4) is 5.75 Å². The molecular formula is C21H32ClN2O3S+. The SMILES string of the molecule is COc1ccc2c(c1)CCN1C[C@H]3CCC[N+](C)(S(=O)(=O)CCCCl)[C@H]3C[C@@H]21. The number of fused-ring (bicyclic) bond motifs is 4. The Labute approximate surface area is 174 Å². The zero-order valence-corrected chi connectivity index (χ0v) is 18.5. The third-order valence-electron chi connectivity index (χ3n) is 7.35. The summed E-state index contributed by atoms with van der Waals surface area (Å²) in [5.74, 6) is 1.96. The first-order chi connectivity index (χ1) is 13.4. The van der Waals surface area contributed by atoms with Gasteiger partial charge >= 0.3 is 0 Å². The standard InChI is InChI=1S/C21H32ClN2O3S/c1-24(28(25,26)12-4-9-22)11-3-5-17-15-23-10-8-16-13-18(27-2)6-7-19(16)20(23)14-21(17)24/h6-7,13,17,20-21H,3-5,8-12,14-15H2,1-2H3/q+1/t17-,20+,21+,24?/m1/s1. The highest BCUT2D eigenvalue weighted by molar-refractivity contribution is 7.85. The summed E-state index contributed by atoms with van der Waals surface area (Å²) in [5.41, 5.74) is 2.72. The minimum atomic E-state index is -3.23. The van der Waals surface area contributed by atoms with Crippen molar-refractivity contribution in [3.05, 3.63) is 29.3 Å². The van der Waals surface area contributed by atoms with E-state index in [2.05, 4.69) is 17.0 Å². The van der Waals surface area contributed by atoms with Crippen LogP contribution in [0, 0.1) is 5.92 Å². The van der Waals surface area contributed by atoms with Crippen molar-refractivity contribution in [3.63, 3.8) is 0 Å². The van der Waals surface area contributed by atoms with Gasteiger partial charge in [-0.15, -0.1) is 11.6 Å². The van der Waals surface area contributed by atoms with Gasteiger partial charge in [-0.1, -0.05) is 6.07 Å². The third kappa shape index (κ3) is 3.36. The maximum Gasteiger partial charge on any atom is 0.297 e. The van der Waals surface area contributed by atoms with E-state index in [-0.39, 0.29) is 15.7 Å². The van der Waals surface area contributed by atoms with E-state index in [1.165, 1.54) is 11.1 Å². The summed E-state index contributed by atoms with van der Waals surface area (Å²) in [5, 5.41) is 0. The molecule has 4 rings (SSSR count). The van der Waals surface area contributed by atoms with Crippen LogP contribution in [0.3, 0.4) is 0 Å². The molecule has 0 aliphatic carbocycles. The Kier molecular flexibility index (Phi) is 5.69. The van der Waals surface area contributed by atoms with Gasteiger partial charge in [0.1, 0.15) is 17.5 Å². The number of piperidine rings is 2. The van der Waals surface area contributed by atoms with Crippen LogP contribution in [0.2, 0.25) is 0 Å². The average Bonchev–Trinajstić information content (AvgIpc) is 2.70. The Hall–Kier alpha value is -0.820. The van der Waals surface area contributed by atoms with Crippen molar-refractivity contribution < 1.29 is 17.0 Å². The van der Waals surface area contributed by atoms with E-state index in [1.807, 2.05) is 13.1 Å². The van der Waals surface area contributed by atoms with Gasteiger partial charge in [0.15, 0.2) is 0 Å². The summed E-state index contributed by atoms with van der Waals surface area (Å²) in [7, 11) is 0.446. The predicted octanol–water partition coefficient (Wildman–Crippen LogP) is 3.18. The number of methoxy groups -OCH3 is 1. The number of likely N-dealkylation sites (tertiary alicyclic amines) is 1. The second-order valence-electron chi connectivity index (χ2n) is 8.76. The second-order valence-corrected chi connectivity index (χ2v) is 11.5. The van der Waals surface area contributed by atoms with E-state index in [0.29, 0.717) is 24.3 Å². The van der Waals surface area contributed by atoms with E-state index in [9.17, 15) is 8.42 Å². The molecule has 3 aliphatic heterocycles. The maximum absolute atomic E-state index is 13.3. The molecule has 3 heterocycles. The van der Waals surface area contributed by atoms with Crippen molar-refractivity contribution in [1.82, 2.24) is 4.90 Å². The summed E-state index contributed by atoms with van der Waals surface area (Å²) in [6, 6.07) is 6.88. The summed E-state index contributed by atoms with van der Waals surface area (Å²) in [6.45, 7) is 2.80. The number of hydrogen-bond donors (Lipinski definition) is 0. The monoisotopic (exact) mass is 427 g/mol. The Bertz CT molecular complexity index is 831. The minimum Gasteiger partial charge on any atom is -0.497 e. The molecule has 3 aliphatic rings. The lowest BCUT2D eigenvalue weighted by molar-refractivity contribution is -0.826. The fraction of sp³-hybridized carbons (Fsp3) is 0.714. The number of sulfonamides is 1. The Morgan fingerprint density at radius 2 is 2.18 bits per heavy atom. The first kappa shape index (κ1) is 20.5. The van der Waals surface area contributed by atoms with Gasteiger partial charge in [-0.2, -0.15) is 8.42 Å². The number of halogens is 1. The highest BCUT2D eigenvalue weighted by Crippen LogP contribution is 2.46. The quantitative estimate of drug-likeness (QED) is 0.534. The van der Waals surface area contributed by atoms with Gasteiger partial charge < -0.3 is 4.74 Å². The number of rotatable bonds is 5. The van der Waals surface area contributed by atoms with E-state index >= 15 is 0 Å². The topological polar surface area (TPSA) is 46.6 Å². The van der Waals surface area contributed by atoms with Crippen LogP contribution >= 0.6 is 11.6 Å². The molecule has 156 valence electrons. The summed E-state index contributed by atoms with van der Waals surface area (Å²) in [6.07, 6.45) is 4.63. The Balaban J connectivity index is 1.66. The van der Waals surface area contributed by atoms with E-state index < -0.39 is 10.0 Å². The zero-order chi connectivity index (χ0) is 19.9. The smallest absolute Gasteiger partial charge is 0.297 e. The fourth-order valence-electron chi connectivity index (χ4n) is 5.78. The molecule has 0 radical (unpaired) electrons. The molecule has 1 aromatic rings. The number of ether oxygens (including phenoxy) is 1. The third-order valence-corrected chi connectivity index (χ3v) is 10.1. The van der Waals surface area contributed by atoms with Crippen LogP contribution in [0.15, 0.2) is 18.2 Å². The van der Waals surface area contributed by atoms with Gasteiger partial charge in [-0.25, -0.2) is 3.89 Å². The number of quaternary nitrogens is 1. The Morgan fingerprint density at radius 3 is 2.93 bits per heavy atom. The van der Waals surface area contributed by atoms with Crippen LogP contribution in [-0.2, 0) is 16.4 Å². The highest BCUT2D eigenvalue weighted by Gasteiger charge is 2.54. The molecule has 4 atom stereocenters. The Morgan fingerprint density at radius 1 is 1.36 bits per heavy atom. The molecule has 2 fully saturated rings. The highest BCUT2D eigenvalue weighted by atomic mass is 35.5. The van der Waals surface area contributed by atoms with Gasteiger partial charge in [0.05, 0.1) is 20.7 Å². The number of hydrogen-bond acceptors (Lipinski definition) is 4. The number of nitrogens with zero attached hydrogens (tertiary/aromatic N) is 2. The normalized spacial score (nSPS) is 32.9. The van der Waals surface area contributed by atoms with E-state index in [0.717, 1.165) is 51.1 Å². The van der Waals surface area contributed by atoms with Gasteiger partial charge in [-0.3, -0.25) is 4.90 Å². The lowest BCUT2D eigenvalue weighted by atomic mass is 9.77. The van der Waals surface area contributed by atoms with Crippen molar-refractivity contribution in [2.75, 3.05) is 45.4 Å². The fourth-order valence-corrected chi connectivity index (χ4v) is 8.08. The molecule has 0 N–H and O–H groups in total. The molecule has 1 unspecified atom stereocenters. The van der Waals surface area contributed by atoms with Gasteiger partial charge in [0, 0.05) is 37.4 Å². The molecule has 28 heavy (non-hydrogen) atoms. The number of benzene rings is 1. The van der Waals surface area contributed by atoms with Crippen LogP contribution in [-0.4, -0.2) is 68.7 Å². The van der Waals surface area contributed by atoms with Gasteiger partial charge in [0.2, 0.25) is 0 Å². The first-order valence-corrected chi connectivity index (χ1v) is 12.6. The molecular weight excluding hydrogens is 396 g/mol. The predicted molar refractivity (Wildman–Crippen MR) is 112 cm³/mol. The summed E-state index contributed by atoms with van der Waals surface area (Å²) < 4.78 is 32.2. The van der Waals surface area contributed by atoms with Crippen molar-refractivity contribution >= 4 is 21.6 Å².